The Kier molecular flexibility index (Phi) is 1.86. The minimum absolute atomic E-state index is 1.13. The van der Waals surface area contributed by atoms with Crippen LogP contribution in [0.5, 0.6) is 0 Å². The van der Waals surface area contributed by atoms with Gasteiger partial charge in [0.25, 0.3) is 0 Å². The van der Waals surface area contributed by atoms with Crippen molar-refractivity contribution >= 4 is 31.4 Å². The summed E-state index contributed by atoms with van der Waals surface area (Å²) in [6.07, 6.45) is 0. The van der Waals surface area contributed by atoms with Crippen molar-refractivity contribution in [1.29, 1.82) is 0 Å². The van der Waals surface area contributed by atoms with Crippen molar-refractivity contribution in [3.05, 3.63) is 28.7 Å². The summed E-state index contributed by atoms with van der Waals surface area (Å²) >= 11 is 3.43. The third-order valence-electron chi connectivity index (χ3n) is 1.08. The molecule has 0 aromatic heterocycles. The standard InChI is InChI=1S/C6H7BrSi/c7-5-3-1-2-4-6(5)8/h1-4H,8H3. The van der Waals surface area contributed by atoms with E-state index in [0.29, 0.717) is 0 Å². The Hall–Kier alpha value is -0.0831. The van der Waals surface area contributed by atoms with Crippen LogP contribution in [0.4, 0.5) is 0 Å². The monoisotopic (exact) mass is 186 g/mol. The molecule has 0 aliphatic heterocycles. The Morgan fingerprint density at radius 3 is 2.25 bits per heavy atom. The molecule has 0 aliphatic carbocycles. The van der Waals surface area contributed by atoms with Gasteiger partial charge in [0.05, 0.1) is 0 Å². The Labute approximate surface area is 60.5 Å². The highest BCUT2D eigenvalue weighted by Gasteiger charge is 1.85. The average Bonchev–Trinajstić information content (AvgIpc) is 1.77. The maximum absolute atomic E-state index is 3.43. The average molecular weight is 187 g/mol. The van der Waals surface area contributed by atoms with Gasteiger partial charge in [0.1, 0.15) is 0 Å². The van der Waals surface area contributed by atoms with Gasteiger partial charge in [0, 0.05) is 14.7 Å². The van der Waals surface area contributed by atoms with Gasteiger partial charge >= 0.3 is 0 Å². The minimum Gasteiger partial charge on any atom is -0.0629 e. The largest absolute Gasteiger partial charge is 0.0629 e. The second-order valence-corrected chi connectivity index (χ2v) is 3.68. The zero-order chi connectivity index (χ0) is 5.98. The van der Waals surface area contributed by atoms with Crippen LogP contribution in [0.25, 0.3) is 0 Å². The predicted octanol–water partition coefficient (Wildman–Crippen LogP) is 0.440. The SMILES string of the molecule is [SiH3]c1ccccc1Br. The zero-order valence-electron chi connectivity index (χ0n) is 4.69. The highest BCUT2D eigenvalue weighted by molar-refractivity contribution is 9.10. The van der Waals surface area contributed by atoms with E-state index in [4.69, 9.17) is 0 Å². The van der Waals surface area contributed by atoms with Gasteiger partial charge in [-0.05, 0) is 6.07 Å². The molecule has 0 saturated carbocycles. The molecule has 0 fully saturated rings. The molecule has 1 aromatic carbocycles. The van der Waals surface area contributed by atoms with Gasteiger partial charge in [0.15, 0.2) is 0 Å². The van der Waals surface area contributed by atoms with Crippen LogP contribution >= 0.6 is 15.9 Å². The highest BCUT2D eigenvalue weighted by Crippen LogP contribution is 2.02. The summed E-state index contributed by atoms with van der Waals surface area (Å²) in [5.74, 6) is 0. The van der Waals surface area contributed by atoms with Crippen LogP contribution in [0.1, 0.15) is 0 Å². The summed E-state index contributed by atoms with van der Waals surface area (Å²) < 4.78 is 1.24. The molecule has 0 bridgehead atoms. The maximum Gasteiger partial charge on any atom is 0.0399 e. The highest BCUT2D eigenvalue weighted by atomic mass is 79.9. The lowest BCUT2D eigenvalue weighted by atomic mass is 10.4. The summed E-state index contributed by atoms with van der Waals surface area (Å²) in [7, 11) is 1.13. The van der Waals surface area contributed by atoms with Crippen molar-refractivity contribution in [2.24, 2.45) is 0 Å². The summed E-state index contributed by atoms with van der Waals surface area (Å²) in [6.45, 7) is 0. The van der Waals surface area contributed by atoms with Gasteiger partial charge in [-0.3, -0.25) is 0 Å². The minimum atomic E-state index is 1.13. The first-order chi connectivity index (χ1) is 3.80. The topological polar surface area (TPSA) is 0 Å². The van der Waals surface area contributed by atoms with Gasteiger partial charge in [-0.25, -0.2) is 0 Å². The fraction of sp³-hybridized carbons (Fsp3) is 0. The first-order valence-electron chi connectivity index (χ1n) is 2.52. The molecule has 1 aromatic rings. The van der Waals surface area contributed by atoms with Crippen molar-refractivity contribution in [1.82, 2.24) is 0 Å². The van der Waals surface area contributed by atoms with E-state index in [1.54, 1.807) is 0 Å². The Morgan fingerprint density at radius 2 is 1.88 bits per heavy atom. The normalized spacial score (nSPS) is 9.62. The molecular formula is C6H7BrSi. The molecule has 2 heteroatoms. The van der Waals surface area contributed by atoms with Gasteiger partial charge in [0.2, 0.25) is 0 Å². The van der Waals surface area contributed by atoms with Crippen molar-refractivity contribution in [2.75, 3.05) is 0 Å². The molecule has 0 unspecified atom stereocenters. The molecule has 42 valence electrons. The smallest absolute Gasteiger partial charge is 0.0399 e. The van der Waals surface area contributed by atoms with E-state index in [2.05, 4.69) is 34.1 Å². The van der Waals surface area contributed by atoms with Crippen molar-refractivity contribution < 1.29 is 0 Å². The Balaban J connectivity index is 3.13. The molecule has 0 N–H and O–H groups in total. The molecule has 0 atom stereocenters. The van der Waals surface area contributed by atoms with Gasteiger partial charge in [-0.2, -0.15) is 0 Å². The lowest BCUT2D eigenvalue weighted by Crippen LogP contribution is -2.01. The van der Waals surface area contributed by atoms with Crippen LogP contribution < -0.4 is 5.19 Å². The third kappa shape index (κ3) is 1.20. The van der Waals surface area contributed by atoms with E-state index < -0.39 is 0 Å². The quantitative estimate of drug-likeness (QED) is 0.517. The molecule has 8 heavy (non-hydrogen) atoms. The van der Waals surface area contributed by atoms with E-state index in [-0.39, 0.29) is 0 Å². The first-order valence-corrected chi connectivity index (χ1v) is 4.31. The van der Waals surface area contributed by atoms with E-state index in [9.17, 15) is 0 Å². The Morgan fingerprint density at radius 1 is 1.25 bits per heavy atom. The molecule has 0 amide bonds. The second kappa shape index (κ2) is 2.46. The lowest BCUT2D eigenvalue weighted by molar-refractivity contribution is 1.72. The molecule has 0 radical (unpaired) electrons. The molecule has 0 saturated heterocycles. The van der Waals surface area contributed by atoms with Crippen LogP contribution in [-0.4, -0.2) is 10.2 Å². The van der Waals surface area contributed by atoms with E-state index in [1.807, 2.05) is 6.07 Å². The van der Waals surface area contributed by atoms with Gasteiger partial charge < -0.3 is 0 Å². The molecule has 1 rings (SSSR count). The summed E-state index contributed by atoms with van der Waals surface area (Å²) in [4.78, 5) is 0. The van der Waals surface area contributed by atoms with Crippen LogP contribution in [0.15, 0.2) is 28.7 Å². The first kappa shape index (κ1) is 6.04. The number of hydrogen-bond acceptors (Lipinski definition) is 0. The van der Waals surface area contributed by atoms with Crippen LogP contribution in [0.3, 0.4) is 0 Å². The van der Waals surface area contributed by atoms with Crippen molar-refractivity contribution in [2.45, 2.75) is 0 Å². The Bertz CT molecular complexity index is 165. The summed E-state index contributed by atoms with van der Waals surface area (Å²) in [5.41, 5.74) is 0. The lowest BCUT2D eigenvalue weighted by Gasteiger charge is -1.91. The van der Waals surface area contributed by atoms with Crippen molar-refractivity contribution in [3.8, 4) is 0 Å². The molecule has 0 spiro atoms. The third-order valence-corrected chi connectivity index (χ3v) is 3.57. The fourth-order valence-corrected chi connectivity index (χ4v) is 1.19. The van der Waals surface area contributed by atoms with E-state index in [0.717, 1.165) is 10.2 Å². The summed E-state index contributed by atoms with van der Waals surface area (Å²) in [5, 5.41) is 1.42. The molecule has 0 nitrogen and oxygen atoms in total. The van der Waals surface area contributed by atoms with E-state index in [1.165, 1.54) is 9.66 Å². The molecular weight excluding hydrogens is 180 g/mol. The number of hydrogen-bond donors (Lipinski definition) is 0. The summed E-state index contributed by atoms with van der Waals surface area (Å²) in [6, 6.07) is 8.30. The fourth-order valence-electron chi connectivity index (χ4n) is 0.551. The van der Waals surface area contributed by atoms with Gasteiger partial charge in [-0.1, -0.05) is 39.3 Å². The second-order valence-electron chi connectivity index (χ2n) is 1.75. The number of rotatable bonds is 0. The molecule has 0 aliphatic rings. The zero-order valence-corrected chi connectivity index (χ0v) is 8.27. The van der Waals surface area contributed by atoms with Crippen LogP contribution in [0, 0.1) is 0 Å². The molecule has 0 heterocycles. The van der Waals surface area contributed by atoms with E-state index >= 15 is 0 Å². The van der Waals surface area contributed by atoms with Crippen LogP contribution in [0.2, 0.25) is 0 Å². The maximum atomic E-state index is 3.43. The van der Waals surface area contributed by atoms with Crippen LogP contribution in [-0.2, 0) is 0 Å². The number of benzene rings is 1. The number of halogens is 1. The van der Waals surface area contributed by atoms with Gasteiger partial charge in [-0.15, -0.1) is 0 Å². The van der Waals surface area contributed by atoms with Crippen molar-refractivity contribution in [3.63, 3.8) is 0 Å². The predicted molar refractivity (Wildman–Crippen MR) is 43.7 cm³/mol.